The summed E-state index contributed by atoms with van der Waals surface area (Å²) in [7, 11) is 0. The van der Waals surface area contributed by atoms with Gasteiger partial charge in [0.1, 0.15) is 5.01 Å². The maximum absolute atomic E-state index is 5.99. The molecule has 72 valence electrons. The van der Waals surface area contributed by atoms with E-state index in [1.807, 2.05) is 0 Å². The highest BCUT2D eigenvalue weighted by atomic mass is 35.5. The fourth-order valence-corrected chi connectivity index (χ4v) is 2.39. The van der Waals surface area contributed by atoms with Crippen LogP contribution in [-0.4, -0.2) is 9.36 Å². The third-order valence-electron chi connectivity index (χ3n) is 1.62. The molecule has 0 aliphatic rings. The van der Waals surface area contributed by atoms with Gasteiger partial charge in [0.25, 0.3) is 0 Å². The number of nitrogens with zero attached hydrogens (tertiary/aromatic N) is 2. The number of aromatic nitrogens is 2. The molecule has 14 heavy (non-hydrogen) atoms. The van der Waals surface area contributed by atoms with Crippen molar-refractivity contribution in [1.82, 2.24) is 9.36 Å². The van der Waals surface area contributed by atoms with E-state index in [2.05, 4.69) is 9.36 Å². The minimum absolute atomic E-state index is 0.237. The SMILES string of the molecule is Nc1nsc(-c2c(Cl)cccc2Cl)n1. The van der Waals surface area contributed by atoms with E-state index in [1.54, 1.807) is 18.2 Å². The molecule has 2 aromatic rings. The maximum atomic E-state index is 5.99. The summed E-state index contributed by atoms with van der Waals surface area (Å²) in [5.41, 5.74) is 6.10. The van der Waals surface area contributed by atoms with Crippen LogP contribution in [0.15, 0.2) is 18.2 Å². The Morgan fingerprint density at radius 3 is 2.36 bits per heavy atom. The van der Waals surface area contributed by atoms with Crippen molar-refractivity contribution < 1.29 is 0 Å². The van der Waals surface area contributed by atoms with Crippen LogP contribution in [0.25, 0.3) is 10.6 Å². The van der Waals surface area contributed by atoms with Crippen LogP contribution in [0.3, 0.4) is 0 Å². The van der Waals surface area contributed by atoms with Gasteiger partial charge in [-0.15, -0.1) is 0 Å². The number of anilines is 1. The number of nitrogen functional groups attached to an aromatic ring is 1. The lowest BCUT2D eigenvalue weighted by atomic mass is 10.2. The highest BCUT2D eigenvalue weighted by Crippen LogP contribution is 2.35. The Morgan fingerprint density at radius 1 is 1.21 bits per heavy atom. The lowest BCUT2D eigenvalue weighted by molar-refractivity contribution is 1.34. The quantitative estimate of drug-likeness (QED) is 0.841. The van der Waals surface area contributed by atoms with E-state index < -0.39 is 0 Å². The molecule has 1 aromatic heterocycles. The van der Waals surface area contributed by atoms with Gasteiger partial charge in [0.2, 0.25) is 5.95 Å². The van der Waals surface area contributed by atoms with Crippen LogP contribution < -0.4 is 5.73 Å². The zero-order chi connectivity index (χ0) is 10.1. The number of benzene rings is 1. The fourth-order valence-electron chi connectivity index (χ4n) is 1.04. The fraction of sp³-hybridized carbons (Fsp3) is 0. The zero-order valence-electron chi connectivity index (χ0n) is 6.87. The molecule has 0 spiro atoms. The van der Waals surface area contributed by atoms with Crippen LogP contribution >= 0.6 is 34.7 Å². The second-order valence-electron chi connectivity index (χ2n) is 2.55. The van der Waals surface area contributed by atoms with Gasteiger partial charge in [0.05, 0.1) is 10.0 Å². The smallest absolute Gasteiger partial charge is 0.232 e. The van der Waals surface area contributed by atoms with Crippen LogP contribution in [-0.2, 0) is 0 Å². The van der Waals surface area contributed by atoms with Crippen molar-refractivity contribution >= 4 is 40.7 Å². The van der Waals surface area contributed by atoms with Crippen molar-refractivity contribution in [3.63, 3.8) is 0 Å². The average molecular weight is 246 g/mol. The van der Waals surface area contributed by atoms with E-state index in [0.29, 0.717) is 20.6 Å². The number of rotatable bonds is 1. The van der Waals surface area contributed by atoms with E-state index in [4.69, 9.17) is 28.9 Å². The van der Waals surface area contributed by atoms with E-state index in [0.717, 1.165) is 0 Å². The predicted molar refractivity (Wildman–Crippen MR) is 59.8 cm³/mol. The van der Waals surface area contributed by atoms with Crippen molar-refractivity contribution in [1.29, 1.82) is 0 Å². The monoisotopic (exact) mass is 245 g/mol. The van der Waals surface area contributed by atoms with Gasteiger partial charge >= 0.3 is 0 Å². The number of hydrogen-bond donors (Lipinski definition) is 1. The molecule has 0 atom stereocenters. The van der Waals surface area contributed by atoms with E-state index in [1.165, 1.54) is 11.5 Å². The molecular formula is C8H5Cl2N3S. The Labute approximate surface area is 94.7 Å². The summed E-state index contributed by atoms with van der Waals surface area (Å²) in [5, 5.41) is 1.74. The summed E-state index contributed by atoms with van der Waals surface area (Å²) in [6.07, 6.45) is 0. The molecule has 2 rings (SSSR count). The van der Waals surface area contributed by atoms with E-state index >= 15 is 0 Å². The lowest BCUT2D eigenvalue weighted by Crippen LogP contribution is -1.86. The largest absolute Gasteiger partial charge is 0.367 e. The standard InChI is InChI=1S/C8H5Cl2N3S/c9-4-2-1-3-5(10)6(4)7-12-8(11)13-14-7/h1-3H,(H2,11,13). The zero-order valence-corrected chi connectivity index (χ0v) is 9.20. The van der Waals surface area contributed by atoms with Crippen LogP contribution in [0.5, 0.6) is 0 Å². The molecule has 1 aromatic carbocycles. The summed E-state index contributed by atoms with van der Waals surface area (Å²) >= 11 is 13.1. The first-order valence-electron chi connectivity index (χ1n) is 3.72. The minimum Gasteiger partial charge on any atom is -0.367 e. The third-order valence-corrected chi connectivity index (χ3v) is 2.99. The molecule has 0 unspecified atom stereocenters. The molecule has 6 heteroatoms. The summed E-state index contributed by atoms with van der Waals surface area (Å²) in [5.74, 6) is 0.237. The minimum atomic E-state index is 0.237. The Balaban J connectivity index is 2.61. The summed E-state index contributed by atoms with van der Waals surface area (Å²) in [6, 6.07) is 5.28. The van der Waals surface area contributed by atoms with Crippen molar-refractivity contribution in [2.75, 3.05) is 5.73 Å². The third kappa shape index (κ3) is 1.68. The first kappa shape index (κ1) is 9.71. The van der Waals surface area contributed by atoms with E-state index in [-0.39, 0.29) is 5.95 Å². The van der Waals surface area contributed by atoms with Gasteiger partial charge in [-0.25, -0.2) is 0 Å². The van der Waals surface area contributed by atoms with Gasteiger partial charge in [0, 0.05) is 5.56 Å². The summed E-state index contributed by atoms with van der Waals surface area (Å²) < 4.78 is 3.87. The molecule has 0 aliphatic heterocycles. The highest BCUT2D eigenvalue weighted by molar-refractivity contribution is 7.09. The second-order valence-corrected chi connectivity index (χ2v) is 4.12. The van der Waals surface area contributed by atoms with Crippen molar-refractivity contribution in [2.45, 2.75) is 0 Å². The van der Waals surface area contributed by atoms with Gasteiger partial charge in [-0.1, -0.05) is 29.3 Å². The van der Waals surface area contributed by atoms with Crippen LogP contribution in [0.1, 0.15) is 0 Å². The topological polar surface area (TPSA) is 51.8 Å². The Hall–Kier alpha value is -0.840. The highest BCUT2D eigenvalue weighted by Gasteiger charge is 2.12. The molecular weight excluding hydrogens is 241 g/mol. The molecule has 3 nitrogen and oxygen atoms in total. The Kier molecular flexibility index (Phi) is 2.58. The summed E-state index contributed by atoms with van der Waals surface area (Å²) in [4.78, 5) is 4.02. The average Bonchev–Trinajstić information content (AvgIpc) is 2.51. The first-order chi connectivity index (χ1) is 6.68. The van der Waals surface area contributed by atoms with Crippen molar-refractivity contribution in [3.05, 3.63) is 28.2 Å². The Morgan fingerprint density at radius 2 is 1.86 bits per heavy atom. The molecule has 0 fully saturated rings. The van der Waals surface area contributed by atoms with Crippen molar-refractivity contribution in [2.24, 2.45) is 0 Å². The van der Waals surface area contributed by atoms with Gasteiger partial charge in [-0.3, -0.25) is 0 Å². The maximum Gasteiger partial charge on any atom is 0.232 e. The van der Waals surface area contributed by atoms with Gasteiger partial charge < -0.3 is 5.73 Å². The molecule has 0 bridgehead atoms. The molecule has 0 amide bonds. The molecule has 2 N–H and O–H groups in total. The lowest BCUT2D eigenvalue weighted by Gasteiger charge is -2.01. The number of nitrogens with two attached hydrogens (primary N) is 1. The van der Waals surface area contributed by atoms with E-state index in [9.17, 15) is 0 Å². The molecule has 0 saturated carbocycles. The Bertz CT molecular complexity index is 449. The summed E-state index contributed by atoms with van der Waals surface area (Å²) in [6.45, 7) is 0. The molecule has 1 heterocycles. The second kappa shape index (κ2) is 3.73. The van der Waals surface area contributed by atoms with Gasteiger partial charge in [0.15, 0.2) is 0 Å². The van der Waals surface area contributed by atoms with Crippen LogP contribution in [0, 0.1) is 0 Å². The number of hydrogen-bond acceptors (Lipinski definition) is 4. The van der Waals surface area contributed by atoms with Gasteiger partial charge in [-0.2, -0.15) is 9.36 Å². The predicted octanol–water partition coefficient (Wildman–Crippen LogP) is 3.09. The number of halogens is 2. The molecule has 0 aliphatic carbocycles. The first-order valence-corrected chi connectivity index (χ1v) is 5.25. The van der Waals surface area contributed by atoms with Crippen molar-refractivity contribution in [3.8, 4) is 10.6 Å². The van der Waals surface area contributed by atoms with Gasteiger partial charge in [-0.05, 0) is 23.7 Å². The molecule has 0 radical (unpaired) electrons. The molecule has 0 saturated heterocycles. The normalized spacial score (nSPS) is 10.4. The van der Waals surface area contributed by atoms with Crippen LogP contribution in [0.4, 0.5) is 5.95 Å². The van der Waals surface area contributed by atoms with Crippen LogP contribution in [0.2, 0.25) is 10.0 Å².